The van der Waals surface area contributed by atoms with E-state index in [9.17, 15) is 0 Å². The number of hydrogen-bond donors (Lipinski definition) is 0. The molecule has 0 atom stereocenters. The van der Waals surface area contributed by atoms with Crippen LogP contribution in [0.1, 0.15) is 49.1 Å². The highest BCUT2D eigenvalue weighted by Crippen LogP contribution is 2.42. The molecule has 1 aliphatic carbocycles. The Kier molecular flexibility index (Phi) is 2.71. The van der Waals surface area contributed by atoms with E-state index in [4.69, 9.17) is 0 Å². The van der Waals surface area contributed by atoms with Crippen molar-refractivity contribution in [1.82, 2.24) is 10.2 Å². The van der Waals surface area contributed by atoms with Crippen molar-refractivity contribution >= 4 is 11.3 Å². The summed E-state index contributed by atoms with van der Waals surface area (Å²) in [5.41, 5.74) is 2.58. The molecule has 2 nitrogen and oxygen atoms in total. The summed E-state index contributed by atoms with van der Waals surface area (Å²) in [5, 5.41) is 10.9. The van der Waals surface area contributed by atoms with Gasteiger partial charge in [-0.05, 0) is 30.4 Å². The fraction of sp³-hybridized carbons (Fsp3) is 0.429. The van der Waals surface area contributed by atoms with Crippen molar-refractivity contribution in [2.24, 2.45) is 0 Å². The summed E-state index contributed by atoms with van der Waals surface area (Å²) in [6.07, 6.45) is 2.58. The molecule has 1 fully saturated rings. The van der Waals surface area contributed by atoms with E-state index in [-0.39, 0.29) is 0 Å². The van der Waals surface area contributed by atoms with E-state index in [1.54, 1.807) is 11.3 Å². The maximum absolute atomic E-state index is 4.32. The lowest BCUT2D eigenvalue weighted by Gasteiger charge is -2.05. The average Bonchev–Trinajstić information content (AvgIpc) is 3.07. The lowest BCUT2D eigenvalue weighted by molar-refractivity contribution is 0.867. The first kappa shape index (κ1) is 10.9. The summed E-state index contributed by atoms with van der Waals surface area (Å²) in [6, 6.07) is 8.66. The van der Waals surface area contributed by atoms with Crippen LogP contribution >= 0.6 is 11.3 Å². The Labute approximate surface area is 106 Å². The van der Waals surface area contributed by atoms with Crippen LogP contribution in [0, 0.1) is 0 Å². The maximum Gasteiger partial charge on any atom is 0.147 e. The Morgan fingerprint density at radius 1 is 1.24 bits per heavy atom. The smallest absolute Gasteiger partial charge is 0.143 e. The zero-order valence-electron chi connectivity index (χ0n) is 10.2. The summed E-state index contributed by atoms with van der Waals surface area (Å²) >= 11 is 1.75. The van der Waals surface area contributed by atoms with Crippen LogP contribution in [0.15, 0.2) is 24.3 Å². The van der Waals surface area contributed by atoms with Crippen LogP contribution in [0.3, 0.4) is 0 Å². The lowest BCUT2D eigenvalue weighted by Crippen LogP contribution is -1.87. The van der Waals surface area contributed by atoms with Crippen molar-refractivity contribution < 1.29 is 0 Å². The highest BCUT2D eigenvalue weighted by atomic mass is 32.1. The minimum atomic E-state index is 0.561. The molecular weight excluding hydrogens is 228 g/mol. The largest absolute Gasteiger partial charge is 0.147 e. The Morgan fingerprint density at radius 2 is 2.06 bits per heavy atom. The minimum absolute atomic E-state index is 0.561. The first-order valence-electron chi connectivity index (χ1n) is 6.18. The van der Waals surface area contributed by atoms with E-state index in [1.165, 1.54) is 29.0 Å². The molecule has 3 rings (SSSR count). The number of nitrogens with zero attached hydrogens (tertiary/aromatic N) is 2. The van der Waals surface area contributed by atoms with Gasteiger partial charge in [-0.1, -0.05) is 43.4 Å². The summed E-state index contributed by atoms with van der Waals surface area (Å²) in [4.78, 5) is 0. The number of benzene rings is 1. The molecule has 0 saturated heterocycles. The molecule has 0 bridgehead atoms. The van der Waals surface area contributed by atoms with Crippen LogP contribution < -0.4 is 0 Å². The van der Waals surface area contributed by atoms with Gasteiger partial charge in [0.2, 0.25) is 0 Å². The highest BCUT2D eigenvalue weighted by Gasteiger charge is 2.27. The van der Waals surface area contributed by atoms with Crippen LogP contribution in [0.4, 0.5) is 0 Å². The van der Waals surface area contributed by atoms with Crippen LogP contribution in [0.25, 0.3) is 10.6 Å². The van der Waals surface area contributed by atoms with Gasteiger partial charge in [-0.15, -0.1) is 10.2 Å². The molecule has 0 radical (unpaired) electrons. The van der Waals surface area contributed by atoms with Gasteiger partial charge in [0.05, 0.1) is 0 Å². The zero-order chi connectivity index (χ0) is 11.8. The molecular formula is C14H16N2S. The Bertz CT molecular complexity index is 527. The van der Waals surface area contributed by atoms with Crippen molar-refractivity contribution in [3.8, 4) is 10.6 Å². The summed E-state index contributed by atoms with van der Waals surface area (Å²) in [7, 11) is 0. The van der Waals surface area contributed by atoms with Gasteiger partial charge in [0.25, 0.3) is 0 Å². The minimum Gasteiger partial charge on any atom is -0.143 e. The number of hydrogen-bond acceptors (Lipinski definition) is 3. The SMILES string of the molecule is CC(C)c1cccc(-c2nnc(C3CC3)s2)c1. The fourth-order valence-electron chi connectivity index (χ4n) is 1.88. The van der Waals surface area contributed by atoms with Gasteiger partial charge in [0.1, 0.15) is 10.0 Å². The predicted octanol–water partition coefficient (Wildman–Crippen LogP) is 4.21. The van der Waals surface area contributed by atoms with Gasteiger partial charge >= 0.3 is 0 Å². The average molecular weight is 244 g/mol. The molecule has 1 aliphatic rings. The predicted molar refractivity (Wildman–Crippen MR) is 71.4 cm³/mol. The molecule has 3 heteroatoms. The van der Waals surface area contributed by atoms with Crippen LogP contribution in [0.2, 0.25) is 0 Å². The van der Waals surface area contributed by atoms with E-state index < -0.39 is 0 Å². The van der Waals surface area contributed by atoms with E-state index in [2.05, 4.69) is 48.3 Å². The molecule has 0 spiro atoms. The van der Waals surface area contributed by atoms with Crippen LogP contribution in [-0.2, 0) is 0 Å². The van der Waals surface area contributed by atoms with Gasteiger partial charge in [-0.25, -0.2) is 0 Å². The van der Waals surface area contributed by atoms with E-state index in [0.29, 0.717) is 11.8 Å². The van der Waals surface area contributed by atoms with Gasteiger partial charge in [0, 0.05) is 11.5 Å². The number of aromatic nitrogens is 2. The third kappa shape index (κ3) is 2.25. The van der Waals surface area contributed by atoms with Crippen LogP contribution in [0.5, 0.6) is 0 Å². The molecule has 1 aromatic heterocycles. The molecule has 0 unspecified atom stereocenters. The van der Waals surface area contributed by atoms with Crippen molar-refractivity contribution in [3.63, 3.8) is 0 Å². The molecule has 0 amide bonds. The maximum atomic E-state index is 4.32. The Morgan fingerprint density at radius 3 is 2.76 bits per heavy atom. The Hall–Kier alpha value is -1.22. The quantitative estimate of drug-likeness (QED) is 0.808. The van der Waals surface area contributed by atoms with Crippen molar-refractivity contribution in [2.75, 3.05) is 0 Å². The summed E-state index contributed by atoms with van der Waals surface area (Å²) < 4.78 is 0. The molecule has 0 N–H and O–H groups in total. The topological polar surface area (TPSA) is 25.8 Å². The van der Waals surface area contributed by atoms with Gasteiger partial charge in [-0.3, -0.25) is 0 Å². The second-order valence-electron chi connectivity index (χ2n) is 5.00. The molecule has 17 heavy (non-hydrogen) atoms. The monoisotopic (exact) mass is 244 g/mol. The third-order valence-corrected chi connectivity index (χ3v) is 4.30. The number of rotatable bonds is 3. The molecule has 1 aromatic carbocycles. The van der Waals surface area contributed by atoms with Crippen molar-refractivity contribution in [3.05, 3.63) is 34.8 Å². The van der Waals surface area contributed by atoms with E-state index in [0.717, 1.165) is 5.01 Å². The fourth-order valence-corrected chi connectivity index (χ4v) is 2.89. The molecule has 1 saturated carbocycles. The molecule has 0 aliphatic heterocycles. The summed E-state index contributed by atoms with van der Waals surface area (Å²) in [6.45, 7) is 4.43. The first-order chi connectivity index (χ1) is 8.24. The zero-order valence-corrected chi connectivity index (χ0v) is 11.0. The molecule has 2 aromatic rings. The van der Waals surface area contributed by atoms with Gasteiger partial charge < -0.3 is 0 Å². The second-order valence-corrected chi connectivity index (χ2v) is 6.01. The molecule has 1 heterocycles. The first-order valence-corrected chi connectivity index (χ1v) is 6.99. The second kappa shape index (κ2) is 4.22. The van der Waals surface area contributed by atoms with Gasteiger partial charge in [0.15, 0.2) is 0 Å². The Balaban J connectivity index is 1.93. The van der Waals surface area contributed by atoms with Crippen LogP contribution in [-0.4, -0.2) is 10.2 Å². The van der Waals surface area contributed by atoms with E-state index >= 15 is 0 Å². The van der Waals surface area contributed by atoms with Gasteiger partial charge in [-0.2, -0.15) is 0 Å². The summed E-state index contributed by atoms with van der Waals surface area (Å²) in [5.74, 6) is 1.26. The normalized spacial score (nSPS) is 15.5. The highest BCUT2D eigenvalue weighted by molar-refractivity contribution is 7.14. The van der Waals surface area contributed by atoms with Crippen molar-refractivity contribution in [1.29, 1.82) is 0 Å². The third-order valence-electron chi connectivity index (χ3n) is 3.17. The lowest BCUT2D eigenvalue weighted by atomic mass is 10.0. The standard InChI is InChI=1S/C14H16N2S/c1-9(2)11-4-3-5-12(8-11)14-16-15-13(17-14)10-6-7-10/h3-5,8-10H,6-7H2,1-2H3. The van der Waals surface area contributed by atoms with E-state index in [1.807, 2.05) is 0 Å². The molecule has 88 valence electrons. The van der Waals surface area contributed by atoms with Crippen molar-refractivity contribution in [2.45, 2.75) is 38.5 Å².